The molecule has 1 saturated heterocycles. The van der Waals surface area contributed by atoms with Crippen LogP contribution in [0.3, 0.4) is 0 Å². The highest BCUT2D eigenvalue weighted by atomic mass is 35.5. The van der Waals surface area contributed by atoms with Gasteiger partial charge in [0, 0.05) is 24.5 Å². The first-order valence-electron chi connectivity index (χ1n) is 6.65. The van der Waals surface area contributed by atoms with E-state index in [0.717, 1.165) is 17.3 Å². The lowest BCUT2D eigenvalue weighted by atomic mass is 9.94. The number of H-pyrrole nitrogens is 1. The number of aromatic amines is 1. The maximum absolute atomic E-state index is 12.5. The number of hydrogen-bond acceptors (Lipinski definition) is 3. The van der Waals surface area contributed by atoms with Gasteiger partial charge < -0.3 is 10.6 Å². The van der Waals surface area contributed by atoms with Crippen molar-refractivity contribution in [3.05, 3.63) is 30.0 Å². The number of para-hydroxylation sites is 1. The van der Waals surface area contributed by atoms with E-state index < -0.39 is 0 Å². The van der Waals surface area contributed by atoms with Crippen molar-refractivity contribution in [2.45, 2.75) is 19.4 Å². The van der Waals surface area contributed by atoms with Gasteiger partial charge >= 0.3 is 0 Å². The Balaban J connectivity index is 0.00000147. The molecule has 3 N–H and O–H groups in total. The zero-order chi connectivity index (χ0) is 13.4. The summed E-state index contributed by atoms with van der Waals surface area (Å²) in [4.78, 5) is 14.4. The van der Waals surface area contributed by atoms with E-state index in [4.69, 9.17) is 5.73 Å². The highest BCUT2D eigenvalue weighted by Crippen LogP contribution is 2.20. The maximum atomic E-state index is 12.5. The van der Waals surface area contributed by atoms with Crippen LogP contribution in [-0.4, -0.2) is 40.1 Å². The summed E-state index contributed by atoms with van der Waals surface area (Å²) in [6, 6.07) is 7.89. The Hall–Kier alpha value is -1.59. The van der Waals surface area contributed by atoms with E-state index in [2.05, 4.69) is 17.1 Å². The molecule has 2 aromatic rings. The number of fused-ring (bicyclic) bond motifs is 1. The first-order chi connectivity index (χ1) is 9.16. The second-order valence-corrected chi connectivity index (χ2v) is 5.30. The van der Waals surface area contributed by atoms with Gasteiger partial charge in [0.15, 0.2) is 5.69 Å². The third-order valence-electron chi connectivity index (χ3n) is 3.93. The summed E-state index contributed by atoms with van der Waals surface area (Å²) in [5.41, 5.74) is 7.40. The highest BCUT2D eigenvalue weighted by Gasteiger charge is 2.28. The molecular formula is C14H19ClN4O. The van der Waals surface area contributed by atoms with Crippen molar-refractivity contribution < 1.29 is 4.79 Å². The van der Waals surface area contributed by atoms with Gasteiger partial charge in [0.1, 0.15) is 0 Å². The van der Waals surface area contributed by atoms with E-state index in [1.807, 2.05) is 29.2 Å². The Labute approximate surface area is 123 Å². The fourth-order valence-corrected chi connectivity index (χ4v) is 2.62. The summed E-state index contributed by atoms with van der Waals surface area (Å²) >= 11 is 0. The number of carbonyl (C=O) groups excluding carboxylic acids is 1. The summed E-state index contributed by atoms with van der Waals surface area (Å²) in [6.07, 6.45) is 0.856. The van der Waals surface area contributed by atoms with Crippen molar-refractivity contribution in [3.63, 3.8) is 0 Å². The van der Waals surface area contributed by atoms with Crippen molar-refractivity contribution in [2.24, 2.45) is 11.7 Å². The minimum absolute atomic E-state index is 0. The van der Waals surface area contributed by atoms with Crippen LogP contribution in [0.5, 0.6) is 0 Å². The molecule has 5 nitrogen and oxygen atoms in total. The summed E-state index contributed by atoms with van der Waals surface area (Å²) in [5.74, 6) is 0.333. The monoisotopic (exact) mass is 294 g/mol. The molecule has 1 fully saturated rings. The largest absolute Gasteiger partial charge is 0.337 e. The first-order valence-corrected chi connectivity index (χ1v) is 6.65. The highest BCUT2D eigenvalue weighted by molar-refractivity contribution is 6.04. The van der Waals surface area contributed by atoms with Crippen molar-refractivity contribution >= 4 is 29.2 Å². The predicted octanol–water partition coefficient (Wildman–Crippen LogP) is 1.79. The number of halogens is 1. The number of aromatic nitrogens is 2. The molecule has 0 bridgehead atoms. The van der Waals surface area contributed by atoms with E-state index in [1.165, 1.54) is 0 Å². The van der Waals surface area contributed by atoms with Crippen LogP contribution in [0.25, 0.3) is 10.9 Å². The standard InChI is InChI=1S/C14H18N4O.ClH/c1-9-8-18(7-6-11(9)15)14(19)13-10-4-2-3-5-12(10)16-17-13;/h2-5,9,11H,6-8,15H2,1H3,(H,16,17);1H. The Morgan fingerprint density at radius 1 is 1.45 bits per heavy atom. The number of nitrogens with zero attached hydrogens (tertiary/aromatic N) is 2. The van der Waals surface area contributed by atoms with Gasteiger partial charge in [-0.2, -0.15) is 5.10 Å². The minimum atomic E-state index is -0.00352. The van der Waals surface area contributed by atoms with Crippen LogP contribution in [0.4, 0.5) is 0 Å². The molecule has 108 valence electrons. The van der Waals surface area contributed by atoms with Gasteiger partial charge in [-0.3, -0.25) is 9.89 Å². The Bertz CT molecular complexity index is 612. The van der Waals surface area contributed by atoms with Crippen LogP contribution >= 0.6 is 12.4 Å². The van der Waals surface area contributed by atoms with Crippen molar-refractivity contribution in [1.82, 2.24) is 15.1 Å². The fourth-order valence-electron chi connectivity index (χ4n) is 2.62. The summed E-state index contributed by atoms with van der Waals surface area (Å²) < 4.78 is 0. The summed E-state index contributed by atoms with van der Waals surface area (Å²) in [5, 5.41) is 7.96. The summed E-state index contributed by atoms with van der Waals surface area (Å²) in [6.45, 7) is 3.51. The van der Waals surface area contributed by atoms with E-state index in [9.17, 15) is 4.79 Å². The number of likely N-dealkylation sites (tertiary alicyclic amines) is 1. The normalized spacial score (nSPS) is 22.6. The van der Waals surface area contributed by atoms with Crippen molar-refractivity contribution in [1.29, 1.82) is 0 Å². The quantitative estimate of drug-likeness (QED) is 0.842. The minimum Gasteiger partial charge on any atom is -0.337 e. The third kappa shape index (κ3) is 2.51. The molecule has 0 radical (unpaired) electrons. The van der Waals surface area contributed by atoms with Crippen LogP contribution in [-0.2, 0) is 0 Å². The Kier molecular flexibility index (Phi) is 4.30. The topological polar surface area (TPSA) is 75.0 Å². The fraction of sp³-hybridized carbons (Fsp3) is 0.429. The average molecular weight is 295 g/mol. The van der Waals surface area contributed by atoms with E-state index >= 15 is 0 Å². The second kappa shape index (κ2) is 5.81. The molecule has 1 amide bonds. The lowest BCUT2D eigenvalue weighted by Crippen LogP contribution is -2.48. The molecule has 1 aliphatic heterocycles. The molecule has 1 aliphatic rings. The number of benzene rings is 1. The molecule has 0 saturated carbocycles. The first kappa shape index (κ1) is 14.8. The molecule has 2 atom stereocenters. The van der Waals surface area contributed by atoms with E-state index in [0.29, 0.717) is 24.7 Å². The van der Waals surface area contributed by atoms with Crippen LogP contribution in [0.1, 0.15) is 23.8 Å². The van der Waals surface area contributed by atoms with Crippen LogP contribution in [0, 0.1) is 5.92 Å². The lowest BCUT2D eigenvalue weighted by Gasteiger charge is -2.34. The van der Waals surface area contributed by atoms with Gasteiger partial charge in [0.25, 0.3) is 5.91 Å². The number of nitrogens with two attached hydrogens (primary N) is 1. The van der Waals surface area contributed by atoms with Crippen molar-refractivity contribution in [2.75, 3.05) is 13.1 Å². The van der Waals surface area contributed by atoms with Gasteiger partial charge in [-0.15, -0.1) is 12.4 Å². The zero-order valence-corrected chi connectivity index (χ0v) is 12.2. The molecule has 2 unspecified atom stereocenters. The van der Waals surface area contributed by atoms with Gasteiger partial charge in [0.2, 0.25) is 0 Å². The Morgan fingerprint density at radius 3 is 2.95 bits per heavy atom. The SMILES string of the molecule is CC1CN(C(=O)c2n[nH]c3ccccc23)CCC1N.Cl. The molecule has 0 aliphatic carbocycles. The average Bonchev–Trinajstić information content (AvgIpc) is 2.85. The van der Waals surface area contributed by atoms with Gasteiger partial charge in [0.05, 0.1) is 5.52 Å². The van der Waals surface area contributed by atoms with Crippen LogP contribution in [0.2, 0.25) is 0 Å². The molecule has 3 rings (SSSR count). The van der Waals surface area contributed by atoms with Gasteiger partial charge in [-0.25, -0.2) is 0 Å². The number of amides is 1. The second-order valence-electron chi connectivity index (χ2n) is 5.30. The van der Waals surface area contributed by atoms with Gasteiger partial charge in [-0.05, 0) is 18.4 Å². The predicted molar refractivity (Wildman–Crippen MR) is 81.0 cm³/mol. The van der Waals surface area contributed by atoms with Crippen LogP contribution in [0.15, 0.2) is 24.3 Å². The molecule has 1 aromatic heterocycles. The number of hydrogen-bond donors (Lipinski definition) is 2. The molecule has 0 spiro atoms. The van der Waals surface area contributed by atoms with Crippen LogP contribution < -0.4 is 5.73 Å². The van der Waals surface area contributed by atoms with E-state index in [-0.39, 0.29) is 24.4 Å². The van der Waals surface area contributed by atoms with E-state index in [1.54, 1.807) is 0 Å². The molecule has 1 aromatic carbocycles. The molecule has 2 heterocycles. The third-order valence-corrected chi connectivity index (χ3v) is 3.93. The Morgan fingerprint density at radius 2 is 2.20 bits per heavy atom. The number of carbonyl (C=O) groups is 1. The molecule has 6 heteroatoms. The maximum Gasteiger partial charge on any atom is 0.275 e. The lowest BCUT2D eigenvalue weighted by molar-refractivity contribution is 0.0660. The smallest absolute Gasteiger partial charge is 0.275 e. The van der Waals surface area contributed by atoms with Crippen molar-refractivity contribution in [3.8, 4) is 0 Å². The molecule has 20 heavy (non-hydrogen) atoms. The number of rotatable bonds is 1. The number of piperidine rings is 1. The van der Waals surface area contributed by atoms with Gasteiger partial charge in [-0.1, -0.05) is 25.1 Å². The molecular weight excluding hydrogens is 276 g/mol. The number of nitrogens with one attached hydrogen (secondary N) is 1. The summed E-state index contributed by atoms with van der Waals surface area (Å²) in [7, 11) is 0. The zero-order valence-electron chi connectivity index (χ0n) is 11.4.